The Hall–Kier alpha value is -1.26. The number of aliphatic imine (C=N–C) groups is 1. The molecule has 7 nitrogen and oxygen atoms in total. The maximum Gasteiger partial charge on any atom is 0.195 e. The lowest BCUT2D eigenvalue weighted by molar-refractivity contribution is 0.0824. The van der Waals surface area contributed by atoms with Gasteiger partial charge in [0.05, 0.1) is 20.3 Å². The molecule has 1 saturated heterocycles. The highest BCUT2D eigenvalue weighted by Gasteiger charge is 2.16. The van der Waals surface area contributed by atoms with Gasteiger partial charge in [-0.1, -0.05) is 0 Å². The van der Waals surface area contributed by atoms with E-state index in [-0.39, 0.29) is 30.1 Å². The molecule has 1 fully saturated rings. The standard InChI is InChI=1S/C19H32N4O3.HI/c1-4-20-19(21-10-5-11-23-12-8-16(24)9-13-23)22-15-6-7-17(25-2)18(14-15)26-3;/h6-7,14,16,24H,4-5,8-13H2,1-3H3,(H2,20,21,22);1H. The summed E-state index contributed by atoms with van der Waals surface area (Å²) in [7, 11) is 3.25. The molecule has 0 amide bonds. The summed E-state index contributed by atoms with van der Waals surface area (Å²) in [5, 5.41) is 16.1. The molecule has 0 aromatic heterocycles. The third-order valence-electron chi connectivity index (χ3n) is 4.45. The molecular weight excluding hydrogens is 459 g/mol. The summed E-state index contributed by atoms with van der Waals surface area (Å²) in [6.45, 7) is 6.57. The summed E-state index contributed by atoms with van der Waals surface area (Å²) in [4.78, 5) is 7.05. The highest BCUT2D eigenvalue weighted by Crippen LogP contribution is 2.29. The lowest BCUT2D eigenvalue weighted by Gasteiger charge is -2.29. The van der Waals surface area contributed by atoms with Crippen molar-refractivity contribution in [3.8, 4) is 11.5 Å². The number of rotatable bonds is 8. The maximum atomic E-state index is 9.56. The van der Waals surface area contributed by atoms with Crippen LogP contribution in [0.25, 0.3) is 0 Å². The zero-order valence-corrected chi connectivity index (χ0v) is 18.9. The largest absolute Gasteiger partial charge is 0.493 e. The van der Waals surface area contributed by atoms with Gasteiger partial charge in [-0.3, -0.25) is 4.99 Å². The first kappa shape index (κ1) is 23.8. The topological polar surface area (TPSA) is 78.4 Å². The van der Waals surface area contributed by atoms with Gasteiger partial charge < -0.3 is 30.1 Å². The van der Waals surface area contributed by atoms with Gasteiger partial charge in [0, 0.05) is 37.9 Å². The smallest absolute Gasteiger partial charge is 0.195 e. The number of anilines is 1. The zero-order chi connectivity index (χ0) is 18.8. The number of nitrogens with zero attached hydrogens (tertiary/aromatic N) is 2. The SMILES string of the molecule is CCNC(=NCCCN1CCC(O)CC1)Nc1ccc(OC)c(OC)c1.I. The van der Waals surface area contributed by atoms with Crippen molar-refractivity contribution in [2.75, 3.05) is 52.3 Å². The minimum Gasteiger partial charge on any atom is -0.493 e. The number of hydrogen-bond acceptors (Lipinski definition) is 5. The van der Waals surface area contributed by atoms with Crippen LogP contribution in [0.15, 0.2) is 23.2 Å². The summed E-state index contributed by atoms with van der Waals surface area (Å²) < 4.78 is 10.6. The molecule has 2 rings (SSSR count). The van der Waals surface area contributed by atoms with Crippen LogP contribution in [0.5, 0.6) is 11.5 Å². The van der Waals surface area contributed by atoms with Crippen molar-refractivity contribution in [1.82, 2.24) is 10.2 Å². The molecule has 3 N–H and O–H groups in total. The fourth-order valence-electron chi connectivity index (χ4n) is 2.99. The quantitative estimate of drug-likeness (QED) is 0.224. The fourth-order valence-corrected chi connectivity index (χ4v) is 2.99. The van der Waals surface area contributed by atoms with E-state index in [4.69, 9.17) is 9.47 Å². The molecule has 27 heavy (non-hydrogen) atoms. The molecule has 0 spiro atoms. The molecule has 1 aliphatic heterocycles. The van der Waals surface area contributed by atoms with E-state index in [0.29, 0.717) is 11.5 Å². The zero-order valence-electron chi connectivity index (χ0n) is 16.5. The molecular formula is C19H33IN4O3. The normalized spacial score (nSPS) is 15.8. The average molecular weight is 492 g/mol. The Morgan fingerprint density at radius 1 is 1.22 bits per heavy atom. The van der Waals surface area contributed by atoms with E-state index >= 15 is 0 Å². The second kappa shape index (κ2) is 13.0. The van der Waals surface area contributed by atoms with Crippen molar-refractivity contribution >= 4 is 35.6 Å². The minimum atomic E-state index is -0.115. The minimum absolute atomic E-state index is 0. The number of piperidine rings is 1. The van der Waals surface area contributed by atoms with E-state index in [9.17, 15) is 5.11 Å². The Kier molecular flexibility index (Phi) is 11.5. The lowest BCUT2D eigenvalue weighted by Crippen LogP contribution is -2.36. The number of aliphatic hydroxyl groups excluding tert-OH is 1. The van der Waals surface area contributed by atoms with Crippen LogP contribution < -0.4 is 20.1 Å². The highest BCUT2D eigenvalue weighted by atomic mass is 127. The first-order valence-corrected chi connectivity index (χ1v) is 9.34. The molecule has 8 heteroatoms. The van der Waals surface area contributed by atoms with E-state index in [2.05, 4.69) is 20.5 Å². The Balaban J connectivity index is 0.00000364. The molecule has 1 heterocycles. The Morgan fingerprint density at radius 3 is 2.56 bits per heavy atom. The lowest BCUT2D eigenvalue weighted by atomic mass is 10.1. The van der Waals surface area contributed by atoms with Crippen molar-refractivity contribution in [2.24, 2.45) is 4.99 Å². The molecule has 1 aromatic carbocycles. The van der Waals surface area contributed by atoms with Crippen LogP contribution in [0.3, 0.4) is 0 Å². The van der Waals surface area contributed by atoms with Gasteiger partial charge in [0.2, 0.25) is 0 Å². The van der Waals surface area contributed by atoms with Crippen molar-refractivity contribution in [3.63, 3.8) is 0 Å². The van der Waals surface area contributed by atoms with Crippen LogP contribution >= 0.6 is 24.0 Å². The summed E-state index contributed by atoms with van der Waals surface area (Å²) in [6, 6.07) is 5.70. The van der Waals surface area contributed by atoms with Gasteiger partial charge in [-0.25, -0.2) is 0 Å². The third-order valence-corrected chi connectivity index (χ3v) is 4.45. The predicted molar refractivity (Wildman–Crippen MR) is 121 cm³/mol. The van der Waals surface area contributed by atoms with E-state index in [1.807, 2.05) is 25.1 Å². The summed E-state index contributed by atoms with van der Waals surface area (Å²) in [5.41, 5.74) is 0.896. The second-order valence-corrected chi connectivity index (χ2v) is 6.38. The van der Waals surface area contributed by atoms with Crippen LogP contribution in [-0.4, -0.2) is 69.0 Å². The molecule has 0 atom stereocenters. The Labute approximate surface area is 179 Å². The van der Waals surface area contributed by atoms with Crippen LogP contribution in [0.2, 0.25) is 0 Å². The highest BCUT2D eigenvalue weighted by molar-refractivity contribution is 14.0. The monoisotopic (exact) mass is 492 g/mol. The van der Waals surface area contributed by atoms with Gasteiger partial charge in [0.1, 0.15) is 0 Å². The first-order chi connectivity index (χ1) is 12.7. The van der Waals surface area contributed by atoms with Crippen molar-refractivity contribution in [3.05, 3.63) is 18.2 Å². The van der Waals surface area contributed by atoms with Gasteiger partial charge in [-0.05, 0) is 44.9 Å². The van der Waals surface area contributed by atoms with Crippen molar-refractivity contribution < 1.29 is 14.6 Å². The number of nitrogens with one attached hydrogen (secondary N) is 2. The van der Waals surface area contributed by atoms with E-state index in [1.54, 1.807) is 14.2 Å². The number of hydrogen-bond donors (Lipinski definition) is 3. The molecule has 1 aliphatic rings. The van der Waals surface area contributed by atoms with Crippen LogP contribution in [-0.2, 0) is 0 Å². The number of likely N-dealkylation sites (tertiary alicyclic amines) is 1. The molecule has 0 radical (unpaired) electrons. The number of guanidine groups is 1. The van der Waals surface area contributed by atoms with Gasteiger partial charge in [-0.2, -0.15) is 0 Å². The molecule has 0 unspecified atom stereocenters. The Morgan fingerprint density at radius 2 is 1.93 bits per heavy atom. The average Bonchev–Trinajstić information content (AvgIpc) is 2.66. The first-order valence-electron chi connectivity index (χ1n) is 9.34. The van der Waals surface area contributed by atoms with Gasteiger partial charge in [0.25, 0.3) is 0 Å². The maximum absolute atomic E-state index is 9.56. The number of aliphatic hydroxyl groups is 1. The number of halogens is 1. The van der Waals surface area contributed by atoms with Gasteiger partial charge in [0.15, 0.2) is 17.5 Å². The third kappa shape index (κ3) is 8.10. The Bertz CT molecular complexity index is 578. The van der Waals surface area contributed by atoms with Gasteiger partial charge >= 0.3 is 0 Å². The number of ether oxygens (including phenoxy) is 2. The van der Waals surface area contributed by atoms with E-state index < -0.39 is 0 Å². The molecule has 154 valence electrons. The number of benzene rings is 1. The summed E-state index contributed by atoms with van der Waals surface area (Å²) in [5.74, 6) is 2.14. The molecule has 1 aromatic rings. The van der Waals surface area contributed by atoms with Crippen LogP contribution in [0, 0.1) is 0 Å². The predicted octanol–water partition coefficient (Wildman–Crippen LogP) is 2.55. The van der Waals surface area contributed by atoms with Gasteiger partial charge in [-0.15, -0.1) is 24.0 Å². The molecule has 0 saturated carbocycles. The second-order valence-electron chi connectivity index (χ2n) is 6.38. The molecule has 0 aliphatic carbocycles. The molecule has 0 bridgehead atoms. The summed E-state index contributed by atoms with van der Waals surface area (Å²) >= 11 is 0. The van der Waals surface area contributed by atoms with Crippen LogP contribution in [0.1, 0.15) is 26.2 Å². The van der Waals surface area contributed by atoms with Crippen molar-refractivity contribution in [2.45, 2.75) is 32.3 Å². The number of methoxy groups -OCH3 is 2. The van der Waals surface area contributed by atoms with Crippen molar-refractivity contribution in [1.29, 1.82) is 0 Å². The summed E-state index contributed by atoms with van der Waals surface area (Å²) in [6.07, 6.45) is 2.65. The fraction of sp³-hybridized carbons (Fsp3) is 0.632. The van der Waals surface area contributed by atoms with E-state index in [1.165, 1.54) is 0 Å². The van der Waals surface area contributed by atoms with E-state index in [0.717, 1.165) is 63.6 Å². The van der Waals surface area contributed by atoms with Crippen LogP contribution in [0.4, 0.5) is 5.69 Å².